The van der Waals surface area contributed by atoms with E-state index in [1.54, 1.807) is 18.0 Å². The van der Waals surface area contributed by atoms with E-state index in [1.165, 1.54) is 0 Å². The van der Waals surface area contributed by atoms with Crippen molar-refractivity contribution in [3.8, 4) is 5.75 Å². The number of aromatic nitrogens is 2. The van der Waals surface area contributed by atoms with Gasteiger partial charge in [-0.25, -0.2) is 4.68 Å². The number of rotatable bonds is 8. The SMILES string of the molecule is COc1ccc(/C=C/c2ccc3c(=O)n(CCN(C(C)C)C(C)C)ncc3c2)cc1. The molecule has 5 nitrogen and oxygen atoms in total. The van der Waals surface area contributed by atoms with Crippen LogP contribution < -0.4 is 10.3 Å². The van der Waals surface area contributed by atoms with Crippen LogP contribution in [-0.4, -0.2) is 40.4 Å². The molecule has 0 aliphatic carbocycles. The molecule has 0 amide bonds. The first kappa shape index (κ1) is 21.8. The van der Waals surface area contributed by atoms with Gasteiger partial charge in [0.25, 0.3) is 5.56 Å². The highest BCUT2D eigenvalue weighted by Crippen LogP contribution is 2.16. The van der Waals surface area contributed by atoms with Gasteiger partial charge in [-0.2, -0.15) is 5.10 Å². The summed E-state index contributed by atoms with van der Waals surface area (Å²) in [5.41, 5.74) is 2.08. The molecule has 0 aliphatic rings. The lowest BCUT2D eigenvalue weighted by atomic mass is 10.1. The van der Waals surface area contributed by atoms with Gasteiger partial charge in [-0.1, -0.05) is 30.4 Å². The minimum atomic E-state index is -0.0364. The van der Waals surface area contributed by atoms with Gasteiger partial charge in [-0.3, -0.25) is 9.69 Å². The topological polar surface area (TPSA) is 47.4 Å². The quantitative estimate of drug-likeness (QED) is 0.510. The minimum Gasteiger partial charge on any atom is -0.497 e. The van der Waals surface area contributed by atoms with E-state index in [1.807, 2.05) is 54.6 Å². The lowest BCUT2D eigenvalue weighted by Gasteiger charge is -2.30. The van der Waals surface area contributed by atoms with E-state index in [4.69, 9.17) is 4.74 Å². The second kappa shape index (κ2) is 9.72. The number of benzene rings is 2. The van der Waals surface area contributed by atoms with E-state index in [9.17, 15) is 4.79 Å². The zero-order chi connectivity index (χ0) is 21.7. The number of nitrogens with zero attached hydrogens (tertiary/aromatic N) is 3. The first-order valence-corrected chi connectivity index (χ1v) is 10.5. The number of ether oxygens (including phenoxy) is 1. The number of hydrogen-bond donors (Lipinski definition) is 0. The number of hydrogen-bond acceptors (Lipinski definition) is 4. The van der Waals surface area contributed by atoms with Crippen molar-refractivity contribution >= 4 is 22.9 Å². The molecule has 0 atom stereocenters. The van der Waals surface area contributed by atoms with Gasteiger partial charge in [0.05, 0.1) is 25.2 Å². The standard InChI is InChI=1S/C25H31N3O2/c1-18(2)27(19(3)4)14-15-28-25(29)24-13-10-21(16-22(24)17-26-28)7-6-20-8-11-23(30-5)12-9-20/h6-13,16-19H,14-15H2,1-5H3/b7-6+. The molecule has 2 aromatic carbocycles. The van der Waals surface area contributed by atoms with Gasteiger partial charge in [-0.05, 0) is 63.1 Å². The Hall–Kier alpha value is -2.92. The van der Waals surface area contributed by atoms with Crippen LogP contribution in [0.5, 0.6) is 5.75 Å². The lowest BCUT2D eigenvalue weighted by molar-refractivity contribution is 0.165. The second-order valence-electron chi connectivity index (χ2n) is 8.05. The predicted octanol–water partition coefficient (Wildman–Crippen LogP) is 4.69. The molecule has 0 fully saturated rings. The Kier molecular flexibility index (Phi) is 7.06. The third-order valence-electron chi connectivity index (χ3n) is 5.36. The maximum atomic E-state index is 12.9. The molecular weight excluding hydrogens is 374 g/mol. The Balaban J connectivity index is 1.78. The fraction of sp³-hybridized carbons (Fsp3) is 0.360. The van der Waals surface area contributed by atoms with E-state index in [2.05, 4.69) is 37.7 Å². The third kappa shape index (κ3) is 5.16. The van der Waals surface area contributed by atoms with Crippen LogP contribution in [0.2, 0.25) is 0 Å². The molecule has 0 bridgehead atoms. The highest BCUT2D eigenvalue weighted by atomic mass is 16.5. The summed E-state index contributed by atoms with van der Waals surface area (Å²) in [5, 5.41) is 5.98. The summed E-state index contributed by atoms with van der Waals surface area (Å²) in [6.07, 6.45) is 5.87. The molecular formula is C25H31N3O2. The highest BCUT2D eigenvalue weighted by Gasteiger charge is 2.14. The molecule has 0 saturated carbocycles. The minimum absolute atomic E-state index is 0.0364. The molecule has 158 valence electrons. The normalized spacial score (nSPS) is 12.0. The van der Waals surface area contributed by atoms with Gasteiger partial charge in [-0.15, -0.1) is 0 Å². The Morgan fingerprint density at radius 1 is 1.00 bits per heavy atom. The molecule has 5 heteroatoms. The first-order chi connectivity index (χ1) is 14.4. The lowest BCUT2D eigenvalue weighted by Crippen LogP contribution is -2.40. The number of methoxy groups -OCH3 is 1. The average Bonchev–Trinajstić information content (AvgIpc) is 2.73. The van der Waals surface area contributed by atoms with Crippen molar-refractivity contribution in [2.45, 2.75) is 46.3 Å². The van der Waals surface area contributed by atoms with Crippen molar-refractivity contribution in [3.05, 3.63) is 70.1 Å². The van der Waals surface area contributed by atoms with E-state index in [0.29, 0.717) is 24.0 Å². The molecule has 0 N–H and O–H groups in total. The Labute approximate surface area is 178 Å². The smallest absolute Gasteiger partial charge is 0.274 e. The molecule has 3 rings (SSSR count). The van der Waals surface area contributed by atoms with Crippen molar-refractivity contribution in [2.24, 2.45) is 0 Å². The molecule has 0 spiro atoms. The molecule has 30 heavy (non-hydrogen) atoms. The molecule has 3 aromatic rings. The van der Waals surface area contributed by atoms with Crippen LogP contribution in [0.3, 0.4) is 0 Å². The molecule has 0 aliphatic heterocycles. The van der Waals surface area contributed by atoms with E-state index in [-0.39, 0.29) is 5.56 Å². The fourth-order valence-electron chi connectivity index (χ4n) is 3.70. The molecule has 0 unspecified atom stereocenters. The van der Waals surface area contributed by atoms with Gasteiger partial charge in [0, 0.05) is 24.0 Å². The predicted molar refractivity (Wildman–Crippen MR) is 125 cm³/mol. The van der Waals surface area contributed by atoms with Crippen molar-refractivity contribution in [1.29, 1.82) is 0 Å². The van der Waals surface area contributed by atoms with Gasteiger partial charge in [0.15, 0.2) is 0 Å². The van der Waals surface area contributed by atoms with Crippen LogP contribution in [0, 0.1) is 0 Å². The van der Waals surface area contributed by atoms with Crippen molar-refractivity contribution < 1.29 is 4.74 Å². The van der Waals surface area contributed by atoms with E-state index >= 15 is 0 Å². The third-order valence-corrected chi connectivity index (χ3v) is 5.36. The first-order valence-electron chi connectivity index (χ1n) is 10.5. The van der Waals surface area contributed by atoms with E-state index in [0.717, 1.165) is 28.8 Å². The summed E-state index contributed by atoms with van der Waals surface area (Å²) in [7, 11) is 1.66. The molecule has 1 aromatic heterocycles. The summed E-state index contributed by atoms with van der Waals surface area (Å²) < 4.78 is 6.77. The molecule has 1 heterocycles. The maximum absolute atomic E-state index is 12.9. The summed E-state index contributed by atoms with van der Waals surface area (Å²) in [6, 6.07) is 14.6. The van der Waals surface area contributed by atoms with E-state index < -0.39 is 0 Å². The zero-order valence-electron chi connectivity index (χ0n) is 18.5. The van der Waals surface area contributed by atoms with Gasteiger partial charge >= 0.3 is 0 Å². The number of fused-ring (bicyclic) bond motifs is 1. The average molecular weight is 406 g/mol. The summed E-state index contributed by atoms with van der Waals surface area (Å²) >= 11 is 0. The van der Waals surface area contributed by atoms with Crippen LogP contribution in [0.1, 0.15) is 38.8 Å². The van der Waals surface area contributed by atoms with Crippen LogP contribution in [0.4, 0.5) is 0 Å². The van der Waals surface area contributed by atoms with Crippen molar-refractivity contribution in [2.75, 3.05) is 13.7 Å². The van der Waals surface area contributed by atoms with Crippen LogP contribution in [0.15, 0.2) is 53.5 Å². The van der Waals surface area contributed by atoms with Crippen LogP contribution in [0.25, 0.3) is 22.9 Å². The maximum Gasteiger partial charge on any atom is 0.274 e. The summed E-state index contributed by atoms with van der Waals surface area (Å²) in [4.78, 5) is 15.3. The summed E-state index contributed by atoms with van der Waals surface area (Å²) in [6.45, 7) is 10.1. The van der Waals surface area contributed by atoms with Crippen LogP contribution >= 0.6 is 0 Å². The Bertz CT molecular complexity index is 1060. The van der Waals surface area contributed by atoms with Gasteiger partial charge in [0.1, 0.15) is 5.75 Å². The second-order valence-corrected chi connectivity index (χ2v) is 8.05. The molecule has 0 saturated heterocycles. The fourth-order valence-corrected chi connectivity index (χ4v) is 3.70. The Morgan fingerprint density at radius 2 is 1.63 bits per heavy atom. The monoisotopic (exact) mass is 405 g/mol. The Morgan fingerprint density at radius 3 is 2.27 bits per heavy atom. The van der Waals surface area contributed by atoms with Crippen LogP contribution in [-0.2, 0) is 6.54 Å². The highest BCUT2D eigenvalue weighted by molar-refractivity contribution is 5.84. The van der Waals surface area contributed by atoms with Crippen molar-refractivity contribution in [3.63, 3.8) is 0 Å². The summed E-state index contributed by atoms with van der Waals surface area (Å²) in [5.74, 6) is 0.838. The van der Waals surface area contributed by atoms with Gasteiger partial charge < -0.3 is 4.74 Å². The van der Waals surface area contributed by atoms with Crippen molar-refractivity contribution in [1.82, 2.24) is 14.7 Å². The molecule has 0 radical (unpaired) electrons. The largest absolute Gasteiger partial charge is 0.497 e. The zero-order valence-corrected chi connectivity index (χ0v) is 18.5. The van der Waals surface area contributed by atoms with Gasteiger partial charge in [0.2, 0.25) is 0 Å².